The molecule has 0 aliphatic carbocycles. The van der Waals surface area contributed by atoms with Crippen LogP contribution < -0.4 is 5.32 Å². The van der Waals surface area contributed by atoms with Crippen LogP contribution in [0.5, 0.6) is 0 Å². The molecule has 0 saturated heterocycles. The molecule has 1 amide bonds. The van der Waals surface area contributed by atoms with Gasteiger partial charge in [0.1, 0.15) is 5.60 Å². The van der Waals surface area contributed by atoms with E-state index in [2.05, 4.69) is 12.2 Å². The molecule has 0 fully saturated rings. The van der Waals surface area contributed by atoms with Crippen LogP contribution in [0.25, 0.3) is 11.1 Å². The number of carbonyl (C=O) groups excluding carboxylic acids is 3. The van der Waals surface area contributed by atoms with Gasteiger partial charge in [0, 0.05) is 10.6 Å². The molecule has 0 spiro atoms. The number of benzene rings is 3. The van der Waals surface area contributed by atoms with Crippen LogP contribution in [0.3, 0.4) is 0 Å². The van der Waals surface area contributed by atoms with Crippen LogP contribution in [-0.2, 0) is 9.47 Å². The molecule has 1 N–H and O–H groups in total. The molecule has 0 heterocycles. The van der Waals surface area contributed by atoms with Gasteiger partial charge in [0.2, 0.25) is 0 Å². The molecule has 3 rings (SSSR count). The van der Waals surface area contributed by atoms with Gasteiger partial charge in [0.25, 0.3) is 5.91 Å². The minimum atomic E-state index is -0.777. The van der Waals surface area contributed by atoms with E-state index in [0.29, 0.717) is 27.3 Å². The molecule has 0 radical (unpaired) electrons. The molecule has 0 aromatic heterocycles. The zero-order chi connectivity index (χ0) is 28.0. The summed E-state index contributed by atoms with van der Waals surface area (Å²) < 4.78 is 10.6. The summed E-state index contributed by atoms with van der Waals surface area (Å²) >= 11 is 6.29. The fraction of sp³-hybridized carbons (Fsp3) is 0.323. The largest absolute Gasteiger partial charge is 0.465 e. The van der Waals surface area contributed by atoms with Gasteiger partial charge in [-0.05, 0) is 86.7 Å². The van der Waals surface area contributed by atoms with E-state index < -0.39 is 17.5 Å². The Morgan fingerprint density at radius 2 is 1.55 bits per heavy atom. The summed E-state index contributed by atoms with van der Waals surface area (Å²) in [5.41, 5.74) is 2.42. The summed E-state index contributed by atoms with van der Waals surface area (Å²) in [4.78, 5) is 39.5. The number of amides is 1. The third-order valence-electron chi connectivity index (χ3n) is 5.99. The van der Waals surface area contributed by atoms with Crippen molar-refractivity contribution in [3.05, 3.63) is 93.5 Å². The van der Waals surface area contributed by atoms with Crippen LogP contribution in [0.2, 0.25) is 5.02 Å². The van der Waals surface area contributed by atoms with Crippen molar-refractivity contribution >= 4 is 29.4 Å². The van der Waals surface area contributed by atoms with Gasteiger partial charge in [-0.25, -0.2) is 9.59 Å². The first-order valence-corrected chi connectivity index (χ1v) is 12.9. The van der Waals surface area contributed by atoms with Gasteiger partial charge < -0.3 is 14.8 Å². The average Bonchev–Trinajstić information content (AvgIpc) is 2.87. The topological polar surface area (TPSA) is 81.7 Å². The summed E-state index contributed by atoms with van der Waals surface area (Å²) in [6, 6.07) is 17.6. The van der Waals surface area contributed by atoms with Crippen LogP contribution in [-0.4, -0.2) is 30.6 Å². The maximum absolute atomic E-state index is 13.5. The summed E-state index contributed by atoms with van der Waals surface area (Å²) in [5.74, 6) is -1.50. The van der Waals surface area contributed by atoms with Crippen molar-refractivity contribution in [1.29, 1.82) is 0 Å². The van der Waals surface area contributed by atoms with E-state index in [1.54, 1.807) is 52.0 Å². The summed E-state index contributed by atoms with van der Waals surface area (Å²) in [5, 5.41) is 3.51. The van der Waals surface area contributed by atoms with Gasteiger partial charge in [-0.15, -0.1) is 0 Å². The van der Waals surface area contributed by atoms with Crippen molar-refractivity contribution in [2.45, 2.75) is 59.1 Å². The molecule has 0 aliphatic heterocycles. The number of ether oxygens (including phenoxy) is 2. The molecule has 3 aromatic carbocycles. The molecule has 0 aliphatic rings. The first-order valence-electron chi connectivity index (χ1n) is 12.6. The third kappa shape index (κ3) is 7.01. The van der Waals surface area contributed by atoms with E-state index >= 15 is 0 Å². The monoisotopic (exact) mass is 535 g/mol. The number of nitrogens with one attached hydrogen (secondary N) is 1. The van der Waals surface area contributed by atoms with Gasteiger partial charge in [0.15, 0.2) is 0 Å². The molecular weight excluding hydrogens is 502 g/mol. The normalized spacial score (nSPS) is 12.0. The highest BCUT2D eigenvalue weighted by atomic mass is 35.5. The molecule has 200 valence electrons. The zero-order valence-corrected chi connectivity index (χ0v) is 23.4. The number of rotatable bonds is 8. The Balaban J connectivity index is 2.16. The van der Waals surface area contributed by atoms with E-state index in [4.69, 9.17) is 21.1 Å². The van der Waals surface area contributed by atoms with Gasteiger partial charge >= 0.3 is 11.9 Å². The molecule has 0 unspecified atom stereocenters. The van der Waals surface area contributed by atoms with Crippen molar-refractivity contribution in [2.24, 2.45) is 0 Å². The molecule has 6 nitrogen and oxygen atoms in total. The Labute approximate surface area is 229 Å². The van der Waals surface area contributed by atoms with Gasteiger partial charge in [-0.2, -0.15) is 0 Å². The van der Waals surface area contributed by atoms with Crippen LogP contribution >= 0.6 is 11.6 Å². The number of methoxy groups -OCH3 is 1. The minimum Gasteiger partial charge on any atom is -0.465 e. The second kappa shape index (κ2) is 12.3. The number of hydrogen-bond donors (Lipinski definition) is 1. The highest BCUT2D eigenvalue weighted by Gasteiger charge is 2.27. The highest BCUT2D eigenvalue weighted by molar-refractivity contribution is 6.31. The standard InChI is InChI=1S/C31H34ClNO5/c1-7-11-27(20-12-9-8-10-13-20)33-28(34)23-18-26(30(36)38-31(3,4)5)24(16-19(23)2)25-17-21(32)14-15-22(25)29(35)37-6/h8-10,12-18,27H,7,11H2,1-6H3,(H,33,34)/t27-/m1/s1. The maximum atomic E-state index is 13.5. The highest BCUT2D eigenvalue weighted by Crippen LogP contribution is 2.34. The lowest BCUT2D eigenvalue weighted by Gasteiger charge is -2.23. The number of halogens is 1. The Morgan fingerprint density at radius 1 is 0.895 bits per heavy atom. The molecule has 7 heteroatoms. The van der Waals surface area contributed by atoms with Gasteiger partial charge in [0.05, 0.1) is 24.3 Å². The Bertz CT molecular complexity index is 1330. The Morgan fingerprint density at radius 3 is 2.16 bits per heavy atom. The van der Waals surface area contributed by atoms with E-state index in [-0.39, 0.29) is 23.1 Å². The predicted molar refractivity (Wildman–Crippen MR) is 150 cm³/mol. The van der Waals surface area contributed by atoms with Crippen molar-refractivity contribution in [3.63, 3.8) is 0 Å². The second-order valence-corrected chi connectivity index (χ2v) is 10.6. The molecular formula is C31H34ClNO5. The first kappa shape index (κ1) is 28.9. The molecule has 0 saturated carbocycles. The average molecular weight is 536 g/mol. The van der Waals surface area contributed by atoms with Crippen LogP contribution in [0, 0.1) is 6.92 Å². The predicted octanol–water partition coefficient (Wildman–Crippen LogP) is 7.33. The Hall–Kier alpha value is -3.64. The lowest BCUT2D eigenvalue weighted by atomic mass is 9.90. The number of aryl methyl sites for hydroxylation is 1. The van der Waals surface area contributed by atoms with E-state index in [1.165, 1.54) is 13.2 Å². The van der Waals surface area contributed by atoms with Gasteiger partial charge in [-0.3, -0.25) is 4.79 Å². The SMILES string of the molecule is CCC[C@@H](NC(=O)c1cc(C(=O)OC(C)(C)C)c(-c2cc(Cl)ccc2C(=O)OC)cc1C)c1ccccc1. The number of hydrogen-bond acceptors (Lipinski definition) is 5. The van der Waals surface area contributed by atoms with Gasteiger partial charge in [-0.1, -0.05) is 55.3 Å². The third-order valence-corrected chi connectivity index (χ3v) is 6.22. The zero-order valence-electron chi connectivity index (χ0n) is 22.7. The number of carbonyl (C=O) groups is 3. The smallest absolute Gasteiger partial charge is 0.339 e. The lowest BCUT2D eigenvalue weighted by Crippen LogP contribution is -2.30. The quantitative estimate of drug-likeness (QED) is 0.305. The van der Waals surface area contributed by atoms with Crippen molar-refractivity contribution in [3.8, 4) is 11.1 Å². The van der Waals surface area contributed by atoms with E-state index in [1.807, 2.05) is 30.3 Å². The van der Waals surface area contributed by atoms with Crippen LogP contribution in [0.1, 0.15) is 88.8 Å². The van der Waals surface area contributed by atoms with E-state index in [0.717, 1.165) is 18.4 Å². The van der Waals surface area contributed by atoms with E-state index in [9.17, 15) is 14.4 Å². The first-order chi connectivity index (χ1) is 17.9. The summed E-state index contributed by atoms with van der Waals surface area (Å²) in [6.45, 7) is 9.15. The Kier molecular flexibility index (Phi) is 9.34. The van der Waals surface area contributed by atoms with Crippen molar-refractivity contribution in [1.82, 2.24) is 5.32 Å². The fourth-order valence-corrected chi connectivity index (χ4v) is 4.41. The van der Waals surface area contributed by atoms with Crippen LogP contribution in [0.4, 0.5) is 0 Å². The minimum absolute atomic E-state index is 0.148. The summed E-state index contributed by atoms with van der Waals surface area (Å²) in [7, 11) is 1.29. The fourth-order valence-electron chi connectivity index (χ4n) is 4.24. The molecule has 0 bridgehead atoms. The molecule has 3 aromatic rings. The van der Waals surface area contributed by atoms with Crippen LogP contribution in [0.15, 0.2) is 60.7 Å². The maximum Gasteiger partial charge on any atom is 0.339 e. The second-order valence-electron chi connectivity index (χ2n) is 10.1. The summed E-state index contributed by atoms with van der Waals surface area (Å²) in [6.07, 6.45) is 1.64. The van der Waals surface area contributed by atoms with Crippen molar-refractivity contribution < 1.29 is 23.9 Å². The van der Waals surface area contributed by atoms with Crippen molar-refractivity contribution in [2.75, 3.05) is 7.11 Å². The number of esters is 2. The lowest BCUT2D eigenvalue weighted by molar-refractivity contribution is 0.00701. The molecule has 38 heavy (non-hydrogen) atoms. The molecule has 1 atom stereocenters.